The van der Waals surface area contributed by atoms with E-state index in [-0.39, 0.29) is 29.0 Å². The molecule has 114 valence electrons. The SMILES string of the molecule is CC1=NN(c2ccc3c(C(F)(F)F)cc(=O)oc3c2)C(=O)C1. The van der Waals surface area contributed by atoms with Crippen molar-refractivity contribution in [1.29, 1.82) is 0 Å². The quantitative estimate of drug-likeness (QED) is 0.761. The number of halogens is 3. The molecular weight excluding hydrogens is 301 g/mol. The molecule has 0 saturated carbocycles. The van der Waals surface area contributed by atoms with E-state index in [1.807, 2.05) is 0 Å². The minimum absolute atomic E-state index is 0.143. The minimum atomic E-state index is -4.67. The average Bonchev–Trinajstić information content (AvgIpc) is 2.75. The van der Waals surface area contributed by atoms with Crippen molar-refractivity contribution in [3.05, 3.63) is 40.2 Å². The van der Waals surface area contributed by atoms with Crippen LogP contribution in [0.2, 0.25) is 0 Å². The molecule has 1 aromatic carbocycles. The van der Waals surface area contributed by atoms with E-state index in [1.165, 1.54) is 12.1 Å². The molecule has 22 heavy (non-hydrogen) atoms. The molecule has 8 heteroatoms. The lowest BCUT2D eigenvalue weighted by atomic mass is 10.1. The number of hydrazone groups is 1. The number of alkyl halides is 3. The van der Waals surface area contributed by atoms with Gasteiger partial charge in [-0.25, -0.2) is 9.80 Å². The van der Waals surface area contributed by atoms with Gasteiger partial charge in [0, 0.05) is 23.2 Å². The molecular formula is C14H9F3N2O3. The number of hydrogen-bond acceptors (Lipinski definition) is 4. The van der Waals surface area contributed by atoms with Crippen LogP contribution in [0, 0.1) is 0 Å². The smallest absolute Gasteiger partial charge is 0.417 e. The van der Waals surface area contributed by atoms with E-state index in [4.69, 9.17) is 4.42 Å². The van der Waals surface area contributed by atoms with E-state index < -0.39 is 17.4 Å². The van der Waals surface area contributed by atoms with Gasteiger partial charge in [-0.05, 0) is 19.1 Å². The summed E-state index contributed by atoms with van der Waals surface area (Å²) in [6.07, 6.45) is -4.53. The van der Waals surface area contributed by atoms with Gasteiger partial charge in [0.25, 0.3) is 5.91 Å². The second kappa shape index (κ2) is 4.69. The Hall–Kier alpha value is -2.64. The standard InChI is InChI=1S/C14H9F3N2O3/c1-7-4-12(20)19(18-7)8-2-3-9-10(14(15,16)17)6-13(21)22-11(9)5-8/h2-3,5-6H,4H2,1H3. The maximum Gasteiger partial charge on any atom is 0.417 e. The van der Waals surface area contributed by atoms with E-state index in [0.29, 0.717) is 11.8 Å². The van der Waals surface area contributed by atoms with Gasteiger partial charge in [0.1, 0.15) is 5.58 Å². The minimum Gasteiger partial charge on any atom is -0.423 e. The molecule has 3 rings (SSSR count). The van der Waals surface area contributed by atoms with Crippen molar-refractivity contribution in [1.82, 2.24) is 0 Å². The highest BCUT2D eigenvalue weighted by molar-refractivity contribution is 6.12. The normalized spacial score (nSPS) is 15.5. The van der Waals surface area contributed by atoms with Crippen molar-refractivity contribution in [3.63, 3.8) is 0 Å². The fourth-order valence-corrected chi connectivity index (χ4v) is 2.27. The highest BCUT2D eigenvalue weighted by atomic mass is 19.4. The number of amides is 1. The third-order valence-electron chi connectivity index (χ3n) is 3.19. The Kier molecular flexibility index (Phi) is 3.05. The summed E-state index contributed by atoms with van der Waals surface area (Å²) in [5, 5.41) is 4.83. The number of carbonyl (C=O) groups excluding carboxylic acids is 1. The van der Waals surface area contributed by atoms with Crippen LogP contribution in [0.25, 0.3) is 11.0 Å². The maximum atomic E-state index is 12.9. The summed E-state index contributed by atoms with van der Waals surface area (Å²) < 4.78 is 43.7. The van der Waals surface area contributed by atoms with Crippen LogP contribution in [0.3, 0.4) is 0 Å². The molecule has 0 spiro atoms. The fourth-order valence-electron chi connectivity index (χ4n) is 2.27. The van der Waals surface area contributed by atoms with Gasteiger partial charge in [0.2, 0.25) is 0 Å². The summed E-state index contributed by atoms with van der Waals surface area (Å²) >= 11 is 0. The van der Waals surface area contributed by atoms with Crippen molar-refractivity contribution in [2.75, 3.05) is 5.01 Å². The number of fused-ring (bicyclic) bond motifs is 1. The van der Waals surface area contributed by atoms with Crippen LogP contribution in [0.5, 0.6) is 0 Å². The van der Waals surface area contributed by atoms with Gasteiger partial charge in [-0.1, -0.05) is 0 Å². The lowest BCUT2D eigenvalue weighted by molar-refractivity contribution is -0.136. The summed E-state index contributed by atoms with van der Waals surface area (Å²) in [7, 11) is 0. The predicted octanol–water partition coefficient (Wildman–Crippen LogP) is 2.92. The summed E-state index contributed by atoms with van der Waals surface area (Å²) in [5.74, 6) is -0.300. The van der Waals surface area contributed by atoms with Gasteiger partial charge in [0.15, 0.2) is 0 Å². The van der Waals surface area contributed by atoms with Gasteiger partial charge in [-0.2, -0.15) is 18.3 Å². The Morgan fingerprint density at radius 2 is 1.95 bits per heavy atom. The van der Waals surface area contributed by atoms with Gasteiger partial charge < -0.3 is 4.42 Å². The number of rotatable bonds is 1. The Morgan fingerprint density at radius 1 is 1.23 bits per heavy atom. The molecule has 0 unspecified atom stereocenters. The molecule has 0 atom stereocenters. The molecule has 2 aromatic rings. The Bertz CT molecular complexity index is 868. The average molecular weight is 310 g/mol. The molecule has 5 nitrogen and oxygen atoms in total. The zero-order valence-electron chi connectivity index (χ0n) is 11.3. The van der Waals surface area contributed by atoms with Crippen LogP contribution in [0.15, 0.2) is 38.6 Å². The largest absolute Gasteiger partial charge is 0.423 e. The Labute approximate surface area is 121 Å². The second-order valence-corrected chi connectivity index (χ2v) is 4.87. The Morgan fingerprint density at radius 3 is 2.55 bits per heavy atom. The van der Waals surface area contributed by atoms with Crippen LogP contribution in [0.4, 0.5) is 18.9 Å². The molecule has 0 radical (unpaired) electrons. The monoisotopic (exact) mass is 310 g/mol. The van der Waals surface area contributed by atoms with Crippen LogP contribution >= 0.6 is 0 Å². The molecule has 2 heterocycles. The van der Waals surface area contributed by atoms with Crippen molar-refractivity contribution in [2.24, 2.45) is 5.10 Å². The van der Waals surface area contributed by atoms with Crippen molar-refractivity contribution < 1.29 is 22.4 Å². The molecule has 0 bridgehead atoms. The second-order valence-electron chi connectivity index (χ2n) is 4.87. The van der Waals surface area contributed by atoms with Crippen molar-refractivity contribution >= 4 is 28.3 Å². The van der Waals surface area contributed by atoms with E-state index in [0.717, 1.165) is 11.1 Å². The van der Waals surface area contributed by atoms with E-state index in [2.05, 4.69) is 5.10 Å². The lowest BCUT2D eigenvalue weighted by Gasteiger charge is -2.13. The molecule has 1 amide bonds. The van der Waals surface area contributed by atoms with Crippen molar-refractivity contribution in [2.45, 2.75) is 19.5 Å². The first-order valence-corrected chi connectivity index (χ1v) is 6.28. The number of anilines is 1. The van der Waals surface area contributed by atoms with Gasteiger partial charge in [-0.3, -0.25) is 4.79 Å². The van der Waals surface area contributed by atoms with Gasteiger partial charge >= 0.3 is 11.8 Å². The number of nitrogens with zero attached hydrogens (tertiary/aromatic N) is 2. The van der Waals surface area contributed by atoms with Gasteiger partial charge in [-0.15, -0.1) is 0 Å². The topological polar surface area (TPSA) is 62.9 Å². The fraction of sp³-hybridized carbons (Fsp3) is 0.214. The third-order valence-corrected chi connectivity index (χ3v) is 3.19. The number of carbonyl (C=O) groups is 1. The predicted molar refractivity (Wildman–Crippen MR) is 72.7 cm³/mol. The molecule has 0 N–H and O–H groups in total. The summed E-state index contributed by atoms with van der Waals surface area (Å²) in [6, 6.07) is 4.10. The maximum absolute atomic E-state index is 12.9. The van der Waals surface area contributed by atoms with Crippen LogP contribution in [-0.2, 0) is 11.0 Å². The zero-order chi connectivity index (χ0) is 16.1. The zero-order valence-corrected chi connectivity index (χ0v) is 11.3. The van der Waals surface area contributed by atoms with Crippen LogP contribution in [-0.4, -0.2) is 11.6 Å². The molecule has 0 aliphatic carbocycles. The molecule has 0 saturated heterocycles. The number of hydrogen-bond donors (Lipinski definition) is 0. The first kappa shape index (κ1) is 14.3. The highest BCUT2D eigenvalue weighted by Gasteiger charge is 2.34. The molecule has 1 aliphatic heterocycles. The lowest BCUT2D eigenvalue weighted by Crippen LogP contribution is -2.19. The Balaban J connectivity index is 2.20. The van der Waals surface area contributed by atoms with E-state index in [9.17, 15) is 22.8 Å². The summed E-state index contributed by atoms with van der Waals surface area (Å²) in [4.78, 5) is 23.1. The van der Waals surface area contributed by atoms with Crippen LogP contribution < -0.4 is 10.6 Å². The first-order valence-electron chi connectivity index (χ1n) is 6.28. The first-order chi connectivity index (χ1) is 10.3. The van der Waals surface area contributed by atoms with E-state index in [1.54, 1.807) is 6.92 Å². The highest BCUT2D eigenvalue weighted by Crippen LogP contribution is 2.35. The summed E-state index contributed by atoms with van der Waals surface area (Å²) in [5.41, 5.74) is -1.58. The number of benzene rings is 1. The summed E-state index contributed by atoms with van der Waals surface area (Å²) in [6.45, 7) is 1.67. The molecule has 0 fully saturated rings. The van der Waals surface area contributed by atoms with Gasteiger partial charge in [0.05, 0.1) is 17.7 Å². The molecule has 1 aromatic heterocycles. The van der Waals surface area contributed by atoms with Crippen LogP contribution in [0.1, 0.15) is 18.9 Å². The van der Waals surface area contributed by atoms with E-state index >= 15 is 0 Å². The van der Waals surface area contributed by atoms with Crippen molar-refractivity contribution in [3.8, 4) is 0 Å². The molecule has 1 aliphatic rings. The third kappa shape index (κ3) is 2.36.